The van der Waals surface area contributed by atoms with Crippen LogP contribution in [0.15, 0.2) is 29.2 Å². The van der Waals surface area contributed by atoms with Crippen molar-refractivity contribution in [2.45, 2.75) is 23.8 Å². The monoisotopic (exact) mass is 423 g/mol. The topological polar surface area (TPSA) is 102 Å². The van der Waals surface area contributed by atoms with Crippen LogP contribution in [0.3, 0.4) is 0 Å². The van der Waals surface area contributed by atoms with Crippen LogP contribution in [-0.2, 0) is 14.8 Å². The SMILES string of the molecule is CNCC1CCCN1C(=O)CSCCOc1ccc(S(N)(=O)=O)cc1.Cl. The van der Waals surface area contributed by atoms with Crippen molar-refractivity contribution in [3.8, 4) is 5.75 Å². The first kappa shape index (κ1) is 23.0. The van der Waals surface area contributed by atoms with Gasteiger partial charge in [0.2, 0.25) is 15.9 Å². The van der Waals surface area contributed by atoms with Crippen molar-refractivity contribution in [2.75, 3.05) is 38.2 Å². The van der Waals surface area contributed by atoms with Gasteiger partial charge in [-0.15, -0.1) is 24.2 Å². The third kappa shape index (κ3) is 6.96. The van der Waals surface area contributed by atoms with Gasteiger partial charge in [-0.1, -0.05) is 0 Å². The fourth-order valence-electron chi connectivity index (χ4n) is 2.80. The summed E-state index contributed by atoms with van der Waals surface area (Å²) in [5, 5.41) is 8.18. The second-order valence-electron chi connectivity index (χ2n) is 5.86. The largest absolute Gasteiger partial charge is 0.493 e. The van der Waals surface area contributed by atoms with Crippen molar-refractivity contribution in [2.24, 2.45) is 5.14 Å². The van der Waals surface area contributed by atoms with Crippen molar-refractivity contribution < 1.29 is 17.9 Å². The Morgan fingerprint density at radius 3 is 2.69 bits per heavy atom. The van der Waals surface area contributed by atoms with Crippen LogP contribution >= 0.6 is 24.2 Å². The molecule has 1 heterocycles. The van der Waals surface area contributed by atoms with Crippen molar-refractivity contribution in [1.82, 2.24) is 10.2 Å². The molecule has 0 radical (unpaired) electrons. The van der Waals surface area contributed by atoms with E-state index in [4.69, 9.17) is 9.88 Å². The number of nitrogens with zero attached hydrogens (tertiary/aromatic N) is 1. The molecule has 148 valence electrons. The Hall–Kier alpha value is -1.00. The molecule has 26 heavy (non-hydrogen) atoms. The van der Waals surface area contributed by atoms with Crippen LogP contribution < -0.4 is 15.2 Å². The van der Waals surface area contributed by atoms with Crippen molar-refractivity contribution in [3.63, 3.8) is 0 Å². The highest BCUT2D eigenvalue weighted by Gasteiger charge is 2.27. The number of carbonyl (C=O) groups is 1. The van der Waals surface area contributed by atoms with Gasteiger partial charge in [0.25, 0.3) is 0 Å². The molecular weight excluding hydrogens is 398 g/mol. The number of thioether (sulfide) groups is 1. The highest BCUT2D eigenvalue weighted by molar-refractivity contribution is 7.99. The molecule has 0 aromatic heterocycles. The smallest absolute Gasteiger partial charge is 0.238 e. The molecule has 1 amide bonds. The van der Waals surface area contributed by atoms with Gasteiger partial charge in [-0.25, -0.2) is 13.6 Å². The normalized spacial score (nSPS) is 17.0. The summed E-state index contributed by atoms with van der Waals surface area (Å²) in [6.45, 7) is 2.14. The minimum atomic E-state index is -3.68. The number of sulfonamides is 1. The van der Waals surface area contributed by atoms with Crippen LogP contribution in [0.2, 0.25) is 0 Å². The number of halogens is 1. The third-order valence-electron chi connectivity index (χ3n) is 4.01. The minimum Gasteiger partial charge on any atom is -0.493 e. The van der Waals surface area contributed by atoms with Crippen molar-refractivity contribution >= 4 is 40.1 Å². The molecule has 10 heteroatoms. The summed E-state index contributed by atoms with van der Waals surface area (Å²) in [6.07, 6.45) is 2.13. The van der Waals surface area contributed by atoms with Crippen LogP contribution in [0.4, 0.5) is 0 Å². The van der Waals surface area contributed by atoms with Gasteiger partial charge >= 0.3 is 0 Å². The minimum absolute atomic E-state index is 0. The Kier molecular flexibility index (Phi) is 9.73. The van der Waals surface area contributed by atoms with Crippen LogP contribution in [-0.4, -0.2) is 63.5 Å². The Labute approximate surface area is 165 Å². The zero-order valence-corrected chi connectivity index (χ0v) is 17.2. The first-order valence-corrected chi connectivity index (χ1v) is 10.9. The van der Waals surface area contributed by atoms with E-state index in [1.807, 2.05) is 11.9 Å². The molecule has 7 nitrogen and oxygen atoms in total. The average molecular weight is 424 g/mol. The fraction of sp³-hybridized carbons (Fsp3) is 0.562. The number of carbonyl (C=O) groups excluding carboxylic acids is 1. The molecule has 0 aliphatic carbocycles. The number of hydrogen-bond donors (Lipinski definition) is 2. The number of rotatable bonds is 9. The Balaban J connectivity index is 0.00000338. The molecule has 0 spiro atoms. The van der Waals surface area contributed by atoms with Gasteiger partial charge in [-0.05, 0) is 44.2 Å². The van der Waals surface area contributed by atoms with E-state index in [9.17, 15) is 13.2 Å². The molecule has 1 aromatic carbocycles. The summed E-state index contributed by atoms with van der Waals surface area (Å²) >= 11 is 1.54. The van der Waals surface area contributed by atoms with E-state index >= 15 is 0 Å². The lowest BCUT2D eigenvalue weighted by molar-refractivity contribution is -0.129. The predicted octanol–water partition coefficient (Wildman–Crippen LogP) is 1.08. The molecule has 1 saturated heterocycles. The van der Waals surface area contributed by atoms with E-state index in [1.54, 1.807) is 23.9 Å². The Bertz CT molecular complexity index is 671. The fourth-order valence-corrected chi connectivity index (χ4v) is 4.00. The number of nitrogens with one attached hydrogen (secondary N) is 1. The van der Waals surface area contributed by atoms with Gasteiger partial charge in [0, 0.05) is 24.9 Å². The molecule has 1 fully saturated rings. The highest BCUT2D eigenvalue weighted by Crippen LogP contribution is 2.18. The van der Waals surface area contributed by atoms with E-state index in [0.29, 0.717) is 29.9 Å². The molecule has 1 atom stereocenters. The molecule has 0 bridgehead atoms. The maximum atomic E-state index is 12.3. The summed E-state index contributed by atoms with van der Waals surface area (Å²) in [5.41, 5.74) is 0. The quantitative estimate of drug-likeness (QED) is 0.576. The molecule has 1 aliphatic rings. The second-order valence-corrected chi connectivity index (χ2v) is 8.52. The number of likely N-dealkylation sites (tertiary alicyclic amines) is 1. The maximum absolute atomic E-state index is 12.3. The van der Waals surface area contributed by atoms with Crippen LogP contribution in [0.25, 0.3) is 0 Å². The van der Waals surface area contributed by atoms with Gasteiger partial charge in [0.05, 0.1) is 17.3 Å². The number of hydrogen-bond acceptors (Lipinski definition) is 6. The lowest BCUT2D eigenvalue weighted by Crippen LogP contribution is -2.41. The molecule has 0 saturated carbocycles. The van der Waals surface area contributed by atoms with E-state index in [2.05, 4.69) is 5.32 Å². The second kappa shape index (κ2) is 11.0. The summed E-state index contributed by atoms with van der Waals surface area (Å²) in [5.74, 6) is 1.90. The maximum Gasteiger partial charge on any atom is 0.238 e. The van der Waals surface area contributed by atoms with Crippen molar-refractivity contribution in [3.05, 3.63) is 24.3 Å². The molecule has 3 N–H and O–H groups in total. The lowest BCUT2D eigenvalue weighted by atomic mass is 10.2. The average Bonchev–Trinajstić information content (AvgIpc) is 3.03. The van der Waals surface area contributed by atoms with Gasteiger partial charge in [0.1, 0.15) is 5.75 Å². The molecule has 2 rings (SSSR count). The van der Waals surface area contributed by atoms with Gasteiger partial charge in [0.15, 0.2) is 0 Å². The standard InChI is InChI=1S/C16H25N3O4S2.ClH/c1-18-11-13-3-2-8-19(13)16(20)12-24-10-9-23-14-4-6-15(7-5-14)25(17,21)22;/h4-7,13,18H,2-3,8-12H2,1H3,(H2,17,21,22);1H. The van der Waals surface area contributed by atoms with E-state index in [1.165, 1.54) is 12.1 Å². The number of benzene rings is 1. The first-order chi connectivity index (χ1) is 11.9. The Morgan fingerprint density at radius 2 is 2.08 bits per heavy atom. The number of likely N-dealkylation sites (N-methyl/N-ethyl adjacent to an activating group) is 1. The van der Waals surface area contributed by atoms with Crippen LogP contribution in [0.1, 0.15) is 12.8 Å². The van der Waals surface area contributed by atoms with Crippen LogP contribution in [0, 0.1) is 0 Å². The van der Waals surface area contributed by atoms with E-state index in [0.717, 1.165) is 25.9 Å². The Morgan fingerprint density at radius 1 is 1.38 bits per heavy atom. The highest BCUT2D eigenvalue weighted by atomic mass is 35.5. The zero-order valence-electron chi connectivity index (χ0n) is 14.7. The van der Waals surface area contributed by atoms with E-state index < -0.39 is 10.0 Å². The number of nitrogens with two attached hydrogens (primary N) is 1. The lowest BCUT2D eigenvalue weighted by Gasteiger charge is -2.24. The summed E-state index contributed by atoms with van der Waals surface area (Å²) in [4.78, 5) is 14.3. The van der Waals surface area contributed by atoms with Gasteiger partial charge in [-0.3, -0.25) is 4.79 Å². The number of amides is 1. The summed E-state index contributed by atoms with van der Waals surface area (Å²) in [6, 6.07) is 6.28. The van der Waals surface area contributed by atoms with Gasteiger partial charge in [-0.2, -0.15) is 0 Å². The molecule has 1 aliphatic heterocycles. The van der Waals surface area contributed by atoms with Crippen LogP contribution in [0.5, 0.6) is 5.75 Å². The third-order valence-corrected chi connectivity index (χ3v) is 5.85. The summed E-state index contributed by atoms with van der Waals surface area (Å²) < 4.78 is 27.9. The van der Waals surface area contributed by atoms with Gasteiger partial charge < -0.3 is 15.0 Å². The number of ether oxygens (including phenoxy) is 1. The predicted molar refractivity (Wildman–Crippen MR) is 107 cm³/mol. The van der Waals surface area contributed by atoms with E-state index in [-0.39, 0.29) is 23.2 Å². The molecule has 1 aromatic rings. The summed E-state index contributed by atoms with van der Waals surface area (Å²) in [7, 11) is -1.78. The molecular formula is C16H26ClN3O4S2. The zero-order chi connectivity index (χ0) is 18.3. The first-order valence-electron chi connectivity index (χ1n) is 8.19. The molecule has 1 unspecified atom stereocenters. The van der Waals surface area contributed by atoms with Crippen molar-refractivity contribution in [1.29, 1.82) is 0 Å². The number of primary sulfonamides is 1.